The molecule has 2 aromatic rings. The summed E-state index contributed by atoms with van der Waals surface area (Å²) in [6, 6.07) is 13.9. The molecule has 0 N–H and O–H groups in total. The standard InChI is InChI=1S/C19H23O2P.Li.H/c1-4-5-13-21-16-9-11-17(12-10-16)22-19(20)18-14(2)7-6-8-15(18)3;;/h6-12,22H,4-5,13H2,1-3H3;;/q;+1;-1. The minimum atomic E-state index is 0. The molecular weight excluding hydrogens is 298 g/mol. The predicted molar refractivity (Wildman–Crippen MR) is 96.2 cm³/mol. The quantitative estimate of drug-likeness (QED) is 0.441. The summed E-state index contributed by atoms with van der Waals surface area (Å²) in [6.45, 7) is 6.89. The maximum atomic E-state index is 12.5. The fourth-order valence-electron chi connectivity index (χ4n) is 2.34. The van der Waals surface area contributed by atoms with Crippen LogP contribution in [0.5, 0.6) is 5.75 Å². The molecule has 4 heteroatoms. The van der Waals surface area contributed by atoms with E-state index in [1.54, 1.807) is 0 Å². The summed E-state index contributed by atoms with van der Waals surface area (Å²) in [6.07, 6.45) is 2.19. The van der Waals surface area contributed by atoms with Crippen LogP contribution in [0.2, 0.25) is 0 Å². The van der Waals surface area contributed by atoms with E-state index in [4.69, 9.17) is 4.74 Å². The summed E-state index contributed by atoms with van der Waals surface area (Å²) in [4.78, 5) is 12.5. The molecule has 118 valence electrons. The number of aryl methyl sites for hydroxylation is 2. The molecule has 0 heterocycles. The average Bonchev–Trinajstić information content (AvgIpc) is 2.49. The number of hydrogen-bond donors (Lipinski definition) is 0. The predicted octanol–water partition coefficient (Wildman–Crippen LogP) is 1.74. The molecule has 0 fully saturated rings. The number of unbranched alkanes of at least 4 members (excludes halogenated alkanes) is 1. The van der Waals surface area contributed by atoms with Gasteiger partial charge in [-0.25, -0.2) is 0 Å². The molecule has 23 heavy (non-hydrogen) atoms. The number of carbonyl (C=O) groups is 1. The summed E-state index contributed by atoms with van der Waals surface area (Å²) in [5.41, 5.74) is 3.17. The van der Waals surface area contributed by atoms with E-state index in [9.17, 15) is 4.79 Å². The van der Waals surface area contributed by atoms with Crippen LogP contribution in [0, 0.1) is 13.8 Å². The first kappa shape index (κ1) is 20.0. The second-order valence-corrected chi connectivity index (χ2v) is 6.73. The number of hydrogen-bond acceptors (Lipinski definition) is 2. The summed E-state index contributed by atoms with van der Waals surface area (Å²) >= 11 is 0. The second kappa shape index (κ2) is 9.94. The Bertz CT molecular complexity index is 624. The van der Waals surface area contributed by atoms with Gasteiger partial charge in [0.25, 0.3) is 0 Å². The van der Waals surface area contributed by atoms with Crippen LogP contribution in [-0.4, -0.2) is 12.1 Å². The van der Waals surface area contributed by atoms with Crippen molar-refractivity contribution in [2.24, 2.45) is 0 Å². The Balaban J connectivity index is 0.00000264. The number of carbonyl (C=O) groups excluding carboxylic acids is 1. The zero-order valence-electron chi connectivity index (χ0n) is 15.5. The van der Waals surface area contributed by atoms with Crippen molar-refractivity contribution in [3.05, 3.63) is 59.2 Å². The zero-order chi connectivity index (χ0) is 15.9. The van der Waals surface area contributed by atoms with E-state index in [2.05, 4.69) is 6.92 Å². The molecule has 0 aliphatic carbocycles. The third kappa shape index (κ3) is 5.81. The summed E-state index contributed by atoms with van der Waals surface area (Å²) < 4.78 is 5.65. The number of rotatable bonds is 7. The van der Waals surface area contributed by atoms with Crippen molar-refractivity contribution < 1.29 is 29.8 Å². The van der Waals surface area contributed by atoms with Crippen molar-refractivity contribution in [3.8, 4) is 5.75 Å². The Hall–Kier alpha value is -1.06. The van der Waals surface area contributed by atoms with Crippen LogP contribution in [0.1, 0.15) is 42.7 Å². The van der Waals surface area contributed by atoms with Gasteiger partial charge in [0.1, 0.15) is 5.75 Å². The minimum Gasteiger partial charge on any atom is -1.00 e. The molecule has 0 radical (unpaired) electrons. The van der Waals surface area contributed by atoms with Crippen LogP contribution >= 0.6 is 8.58 Å². The van der Waals surface area contributed by atoms with Gasteiger partial charge in [-0.3, -0.25) is 4.79 Å². The van der Waals surface area contributed by atoms with Gasteiger partial charge in [0.05, 0.1) is 6.61 Å². The third-order valence-electron chi connectivity index (χ3n) is 3.59. The molecule has 2 aromatic carbocycles. The fraction of sp³-hybridized carbons (Fsp3) is 0.316. The van der Waals surface area contributed by atoms with Crippen molar-refractivity contribution in [2.45, 2.75) is 33.6 Å². The molecule has 1 unspecified atom stereocenters. The minimum absolute atomic E-state index is 0. The molecule has 0 saturated carbocycles. The van der Waals surface area contributed by atoms with Gasteiger partial charge in [0.2, 0.25) is 0 Å². The van der Waals surface area contributed by atoms with Crippen LogP contribution in [0.4, 0.5) is 0 Å². The Morgan fingerprint density at radius 3 is 2.26 bits per heavy atom. The molecule has 0 saturated heterocycles. The summed E-state index contributed by atoms with van der Waals surface area (Å²) in [5, 5.41) is 1.05. The Labute approximate surface area is 154 Å². The van der Waals surface area contributed by atoms with Crippen molar-refractivity contribution in [2.75, 3.05) is 6.61 Å². The van der Waals surface area contributed by atoms with E-state index in [1.165, 1.54) is 0 Å². The van der Waals surface area contributed by atoms with Gasteiger partial charge < -0.3 is 6.16 Å². The zero-order valence-corrected chi connectivity index (χ0v) is 15.5. The molecule has 0 aromatic heterocycles. The molecule has 0 spiro atoms. The van der Waals surface area contributed by atoms with Crippen molar-refractivity contribution in [1.82, 2.24) is 0 Å². The van der Waals surface area contributed by atoms with E-state index in [1.807, 2.05) is 56.3 Å². The normalized spacial score (nSPS) is 10.6. The van der Waals surface area contributed by atoms with Gasteiger partial charge in [0, 0.05) is 5.56 Å². The van der Waals surface area contributed by atoms with E-state index in [-0.39, 0.29) is 34.4 Å². The smallest absolute Gasteiger partial charge is 1.00 e. The van der Waals surface area contributed by atoms with E-state index in [0.717, 1.165) is 47.2 Å². The van der Waals surface area contributed by atoms with Crippen LogP contribution in [0.15, 0.2) is 42.5 Å². The van der Waals surface area contributed by atoms with E-state index >= 15 is 0 Å². The molecule has 1 atom stereocenters. The molecule has 0 bridgehead atoms. The van der Waals surface area contributed by atoms with E-state index in [0.29, 0.717) is 0 Å². The largest absolute Gasteiger partial charge is 1.00 e. The Morgan fingerprint density at radius 1 is 1.09 bits per heavy atom. The molecule has 2 nitrogen and oxygen atoms in total. The SMILES string of the molecule is CCCCOc1ccc(PC(=O)c2c(C)cccc2C)cc1.[H-].[Li+]. The first-order valence-electron chi connectivity index (χ1n) is 7.72. The molecule has 0 aliphatic heterocycles. The first-order valence-corrected chi connectivity index (χ1v) is 8.72. The third-order valence-corrected chi connectivity index (χ3v) is 4.69. The van der Waals surface area contributed by atoms with Crippen LogP contribution in [0.25, 0.3) is 0 Å². The van der Waals surface area contributed by atoms with Crippen LogP contribution in [0.3, 0.4) is 0 Å². The van der Waals surface area contributed by atoms with Crippen molar-refractivity contribution in [1.29, 1.82) is 0 Å². The van der Waals surface area contributed by atoms with Crippen molar-refractivity contribution in [3.63, 3.8) is 0 Å². The topological polar surface area (TPSA) is 26.3 Å². The summed E-state index contributed by atoms with van der Waals surface area (Å²) in [7, 11) is 0.153. The van der Waals surface area contributed by atoms with Gasteiger partial charge in [0.15, 0.2) is 5.52 Å². The van der Waals surface area contributed by atoms with Gasteiger partial charge in [-0.15, -0.1) is 0 Å². The molecule has 0 aliphatic rings. The second-order valence-electron chi connectivity index (χ2n) is 5.45. The van der Waals surface area contributed by atoms with Gasteiger partial charge >= 0.3 is 18.9 Å². The number of ether oxygens (including phenoxy) is 1. The van der Waals surface area contributed by atoms with Crippen LogP contribution < -0.4 is 28.9 Å². The molecule has 0 amide bonds. The first-order chi connectivity index (χ1) is 10.6. The van der Waals surface area contributed by atoms with Crippen LogP contribution in [-0.2, 0) is 0 Å². The maximum absolute atomic E-state index is 12.5. The van der Waals surface area contributed by atoms with Crippen molar-refractivity contribution >= 4 is 19.4 Å². The summed E-state index contributed by atoms with van der Waals surface area (Å²) in [5.74, 6) is 0.876. The number of benzene rings is 2. The van der Waals surface area contributed by atoms with E-state index < -0.39 is 0 Å². The van der Waals surface area contributed by atoms with Gasteiger partial charge in [-0.05, 0) is 57.4 Å². The maximum Gasteiger partial charge on any atom is 1.00 e. The van der Waals surface area contributed by atoms with Gasteiger partial charge in [-0.2, -0.15) is 0 Å². The average molecular weight is 322 g/mol. The molecule has 2 rings (SSSR count). The Kier molecular flexibility index (Phi) is 8.64. The monoisotopic (exact) mass is 322 g/mol. The fourth-order valence-corrected chi connectivity index (χ4v) is 3.45. The van der Waals surface area contributed by atoms with Gasteiger partial charge in [-0.1, -0.05) is 43.7 Å². The Morgan fingerprint density at radius 2 is 1.70 bits per heavy atom. The molecular formula is C19H24LiO2P.